The minimum atomic E-state index is -4.55. The van der Waals surface area contributed by atoms with E-state index in [0.29, 0.717) is 4.70 Å². The first-order chi connectivity index (χ1) is 6.48. The maximum atomic E-state index is 12.2. The molecule has 0 amide bonds. The second kappa shape index (κ2) is 2.81. The van der Waals surface area contributed by atoms with E-state index >= 15 is 0 Å². The van der Waals surface area contributed by atoms with Gasteiger partial charge in [-0.2, -0.15) is 13.2 Å². The van der Waals surface area contributed by atoms with Gasteiger partial charge < -0.3 is 5.73 Å². The lowest BCUT2D eigenvalue weighted by molar-refractivity contribution is -0.144. The Bertz CT molecular complexity index is 476. The summed E-state index contributed by atoms with van der Waals surface area (Å²) >= 11 is 1.22. The largest absolute Gasteiger partial charge is 0.451 e. The van der Waals surface area contributed by atoms with Gasteiger partial charge in [0, 0.05) is 0 Å². The van der Waals surface area contributed by atoms with Gasteiger partial charge in [-0.15, -0.1) is 11.3 Å². The van der Waals surface area contributed by atoms with Crippen LogP contribution in [0.15, 0.2) is 11.4 Å². The van der Waals surface area contributed by atoms with E-state index in [1.807, 2.05) is 0 Å². The molecule has 74 valence electrons. The highest BCUT2D eigenvalue weighted by Crippen LogP contribution is 2.31. The standard InChI is InChI=1S/C7H4F3N3S/c8-7(9,10)6-12-3-1-2-14-4(3)5(11)13-6/h1-2H,(H2,11,12,13). The Morgan fingerprint density at radius 1 is 1.29 bits per heavy atom. The number of aromatic nitrogens is 2. The highest BCUT2D eigenvalue weighted by atomic mass is 32.1. The molecular weight excluding hydrogens is 215 g/mol. The molecule has 2 rings (SSSR count). The summed E-state index contributed by atoms with van der Waals surface area (Å²) in [5, 5.41) is 1.62. The Hall–Kier alpha value is -1.37. The maximum absolute atomic E-state index is 12.2. The molecule has 0 radical (unpaired) electrons. The number of halogens is 3. The molecule has 2 N–H and O–H groups in total. The smallest absolute Gasteiger partial charge is 0.382 e. The number of rotatable bonds is 0. The van der Waals surface area contributed by atoms with Crippen LogP contribution in [-0.2, 0) is 6.18 Å². The van der Waals surface area contributed by atoms with E-state index in [-0.39, 0.29) is 11.3 Å². The van der Waals surface area contributed by atoms with Crippen molar-refractivity contribution in [1.29, 1.82) is 0 Å². The van der Waals surface area contributed by atoms with Crippen molar-refractivity contribution in [3.63, 3.8) is 0 Å². The third-order valence-corrected chi connectivity index (χ3v) is 2.51. The zero-order valence-electron chi connectivity index (χ0n) is 6.67. The fraction of sp³-hybridized carbons (Fsp3) is 0.143. The van der Waals surface area contributed by atoms with Crippen molar-refractivity contribution in [2.75, 3.05) is 5.73 Å². The predicted octanol–water partition coefficient (Wildman–Crippen LogP) is 2.29. The molecule has 7 heteroatoms. The van der Waals surface area contributed by atoms with Crippen LogP contribution in [0, 0.1) is 0 Å². The van der Waals surface area contributed by atoms with E-state index in [0.717, 1.165) is 0 Å². The Morgan fingerprint density at radius 2 is 2.00 bits per heavy atom. The average Bonchev–Trinajstić information content (AvgIpc) is 2.50. The number of anilines is 1. The van der Waals surface area contributed by atoms with Crippen LogP contribution in [-0.4, -0.2) is 9.97 Å². The fourth-order valence-electron chi connectivity index (χ4n) is 1.01. The van der Waals surface area contributed by atoms with Crippen molar-refractivity contribution < 1.29 is 13.2 Å². The highest BCUT2D eigenvalue weighted by Gasteiger charge is 2.35. The molecule has 0 unspecified atom stereocenters. The van der Waals surface area contributed by atoms with Gasteiger partial charge in [-0.05, 0) is 11.4 Å². The number of alkyl halides is 3. The van der Waals surface area contributed by atoms with Gasteiger partial charge in [0.2, 0.25) is 5.82 Å². The summed E-state index contributed by atoms with van der Waals surface area (Å²) in [7, 11) is 0. The monoisotopic (exact) mass is 219 g/mol. The van der Waals surface area contributed by atoms with Gasteiger partial charge in [0.25, 0.3) is 0 Å². The number of hydrogen-bond donors (Lipinski definition) is 1. The molecule has 2 aromatic rings. The first kappa shape index (κ1) is 9.20. The fourth-order valence-corrected chi connectivity index (χ4v) is 1.75. The molecule has 3 nitrogen and oxygen atoms in total. The molecule has 0 spiro atoms. The van der Waals surface area contributed by atoms with E-state index < -0.39 is 12.0 Å². The Balaban J connectivity index is 2.70. The quantitative estimate of drug-likeness (QED) is 0.739. The minimum Gasteiger partial charge on any atom is -0.382 e. The average molecular weight is 219 g/mol. The van der Waals surface area contributed by atoms with Gasteiger partial charge in [-0.1, -0.05) is 0 Å². The van der Waals surface area contributed by atoms with Gasteiger partial charge in [0.1, 0.15) is 5.82 Å². The minimum absolute atomic E-state index is 0.127. The molecule has 0 aliphatic rings. The van der Waals surface area contributed by atoms with Crippen molar-refractivity contribution in [3.05, 3.63) is 17.3 Å². The molecule has 0 aliphatic carbocycles. The topological polar surface area (TPSA) is 51.8 Å². The lowest BCUT2D eigenvalue weighted by Crippen LogP contribution is -2.12. The number of hydrogen-bond acceptors (Lipinski definition) is 4. The van der Waals surface area contributed by atoms with Crippen molar-refractivity contribution in [1.82, 2.24) is 9.97 Å². The highest BCUT2D eigenvalue weighted by molar-refractivity contribution is 7.17. The lowest BCUT2D eigenvalue weighted by atomic mass is 10.4. The zero-order valence-corrected chi connectivity index (χ0v) is 7.49. The molecule has 0 aliphatic heterocycles. The number of fused-ring (bicyclic) bond motifs is 1. The van der Waals surface area contributed by atoms with Crippen LogP contribution in [0.1, 0.15) is 5.82 Å². The van der Waals surface area contributed by atoms with E-state index in [2.05, 4.69) is 9.97 Å². The van der Waals surface area contributed by atoms with Crippen molar-refractivity contribution in [3.8, 4) is 0 Å². The van der Waals surface area contributed by atoms with Gasteiger partial charge in [-0.25, -0.2) is 9.97 Å². The van der Waals surface area contributed by atoms with Crippen molar-refractivity contribution in [2.45, 2.75) is 6.18 Å². The number of nitrogen functional groups attached to an aromatic ring is 1. The van der Waals surface area contributed by atoms with Gasteiger partial charge in [0.15, 0.2) is 0 Å². The summed E-state index contributed by atoms with van der Waals surface area (Å²) in [6.45, 7) is 0. The van der Waals surface area contributed by atoms with Crippen LogP contribution < -0.4 is 5.73 Å². The SMILES string of the molecule is Nc1nc(C(F)(F)F)nc2ccsc12. The van der Waals surface area contributed by atoms with Crippen molar-refractivity contribution >= 4 is 27.4 Å². The van der Waals surface area contributed by atoms with E-state index in [4.69, 9.17) is 5.73 Å². The second-order valence-electron chi connectivity index (χ2n) is 2.57. The maximum Gasteiger partial charge on any atom is 0.451 e. The molecule has 0 saturated heterocycles. The molecule has 0 saturated carbocycles. The molecular formula is C7H4F3N3S. The normalized spacial score (nSPS) is 12.2. The summed E-state index contributed by atoms with van der Waals surface area (Å²) in [5.74, 6) is -1.32. The number of thiophene rings is 1. The Kier molecular flexibility index (Phi) is 1.84. The summed E-state index contributed by atoms with van der Waals surface area (Å²) < 4.78 is 37.2. The summed E-state index contributed by atoms with van der Waals surface area (Å²) in [4.78, 5) is 6.56. The molecule has 0 atom stereocenters. The van der Waals surface area contributed by atoms with Crippen molar-refractivity contribution in [2.24, 2.45) is 0 Å². The van der Waals surface area contributed by atoms with Crippen LogP contribution in [0.25, 0.3) is 10.2 Å². The third kappa shape index (κ3) is 1.39. The zero-order chi connectivity index (χ0) is 10.3. The second-order valence-corrected chi connectivity index (χ2v) is 3.48. The third-order valence-electron chi connectivity index (χ3n) is 1.58. The van der Waals surface area contributed by atoms with Gasteiger partial charge in [-0.3, -0.25) is 0 Å². The summed E-state index contributed by atoms with van der Waals surface area (Å²) in [5.41, 5.74) is 5.59. The summed E-state index contributed by atoms with van der Waals surface area (Å²) in [6.07, 6.45) is -4.55. The summed E-state index contributed by atoms with van der Waals surface area (Å²) in [6, 6.07) is 1.48. The molecule has 0 fully saturated rings. The van der Waals surface area contributed by atoms with Crippen LogP contribution in [0.2, 0.25) is 0 Å². The van der Waals surface area contributed by atoms with E-state index in [1.165, 1.54) is 17.4 Å². The predicted molar refractivity (Wildman–Crippen MR) is 46.8 cm³/mol. The number of nitrogens with two attached hydrogens (primary N) is 1. The lowest BCUT2D eigenvalue weighted by Gasteiger charge is -2.05. The van der Waals surface area contributed by atoms with Gasteiger partial charge in [0.05, 0.1) is 10.2 Å². The molecule has 0 bridgehead atoms. The van der Waals surface area contributed by atoms with Crippen LogP contribution in [0.4, 0.5) is 19.0 Å². The first-order valence-corrected chi connectivity index (χ1v) is 4.44. The Morgan fingerprint density at radius 3 is 2.64 bits per heavy atom. The van der Waals surface area contributed by atoms with E-state index in [1.54, 1.807) is 5.38 Å². The molecule has 2 aromatic heterocycles. The van der Waals surface area contributed by atoms with Crippen LogP contribution in [0.3, 0.4) is 0 Å². The van der Waals surface area contributed by atoms with Crippen LogP contribution >= 0.6 is 11.3 Å². The molecule has 14 heavy (non-hydrogen) atoms. The molecule has 2 heterocycles. The Labute approximate surface area is 80.4 Å². The molecule has 0 aromatic carbocycles. The van der Waals surface area contributed by atoms with Crippen LogP contribution in [0.5, 0.6) is 0 Å². The van der Waals surface area contributed by atoms with E-state index in [9.17, 15) is 13.2 Å². The number of nitrogens with zero attached hydrogens (tertiary/aromatic N) is 2. The van der Waals surface area contributed by atoms with Gasteiger partial charge >= 0.3 is 6.18 Å². The first-order valence-electron chi connectivity index (χ1n) is 3.56.